The maximum atomic E-state index is 14.7. The van der Waals surface area contributed by atoms with E-state index in [1.54, 1.807) is 41.5 Å². The number of carbonyl (C=O) groups is 2. The van der Waals surface area contributed by atoms with Crippen molar-refractivity contribution in [2.75, 3.05) is 25.5 Å². The van der Waals surface area contributed by atoms with E-state index in [9.17, 15) is 18.9 Å². The second-order valence-electron chi connectivity index (χ2n) is 16.9. The normalized spacial score (nSPS) is 23.5. The number of aromatic nitrogens is 4. The molecule has 8 rings (SSSR count). The van der Waals surface area contributed by atoms with Gasteiger partial charge in [0.1, 0.15) is 35.8 Å². The highest BCUT2D eigenvalue weighted by atomic mass is 31.2. The Hall–Kier alpha value is -5.26. The number of imidazole rings is 1. The summed E-state index contributed by atoms with van der Waals surface area (Å²) in [7, 11) is -4.39. The third-order valence-electron chi connectivity index (χ3n) is 11.2. The van der Waals surface area contributed by atoms with Gasteiger partial charge in [0.05, 0.1) is 24.8 Å². The maximum Gasteiger partial charge on any atom is 0.435 e. The summed E-state index contributed by atoms with van der Waals surface area (Å²) in [5.74, 6) is -1.82. The maximum absolute atomic E-state index is 14.7. The van der Waals surface area contributed by atoms with Crippen molar-refractivity contribution in [3.8, 4) is 0 Å². The van der Waals surface area contributed by atoms with E-state index in [-0.39, 0.29) is 23.6 Å². The number of nitrogen functional groups attached to an aromatic ring is 1. The van der Waals surface area contributed by atoms with E-state index in [0.29, 0.717) is 19.4 Å². The summed E-state index contributed by atoms with van der Waals surface area (Å²) in [6, 6.07) is 29.4. The molecule has 3 aliphatic rings. The van der Waals surface area contributed by atoms with Crippen LogP contribution in [-0.4, -0.2) is 91.5 Å². The first-order chi connectivity index (χ1) is 29.6. The van der Waals surface area contributed by atoms with Gasteiger partial charge in [-0.1, -0.05) is 91.0 Å². The molecule has 0 spiro atoms. The van der Waals surface area contributed by atoms with Crippen LogP contribution in [0.15, 0.2) is 102 Å². The molecule has 3 aromatic carbocycles. The molecule has 1 unspecified atom stereocenters. The van der Waals surface area contributed by atoms with E-state index >= 15 is 0 Å². The Bertz CT molecular complexity index is 2430. The summed E-state index contributed by atoms with van der Waals surface area (Å²) < 4.78 is 52.9. The van der Waals surface area contributed by atoms with Gasteiger partial charge in [-0.15, -0.1) is 0 Å². The van der Waals surface area contributed by atoms with Crippen molar-refractivity contribution in [3.05, 3.63) is 124 Å². The van der Waals surface area contributed by atoms with Gasteiger partial charge in [-0.3, -0.25) is 23.8 Å². The number of rotatable bonds is 12. The summed E-state index contributed by atoms with van der Waals surface area (Å²) in [6.45, 7) is 10.1. The first-order valence-corrected chi connectivity index (χ1v) is 22.2. The number of carbonyl (C=O) groups excluding carboxylic acids is 2. The molecule has 6 atom stereocenters. The molecule has 3 aliphatic heterocycles. The number of benzene rings is 3. The molecule has 0 aliphatic carbocycles. The van der Waals surface area contributed by atoms with Crippen molar-refractivity contribution in [1.82, 2.24) is 29.1 Å². The Labute approximate surface area is 359 Å². The minimum Gasteiger partial charge on any atom is -0.443 e. The predicted molar refractivity (Wildman–Crippen MR) is 228 cm³/mol. The topological polar surface area (TPSA) is 201 Å². The molecule has 3 saturated heterocycles. The summed E-state index contributed by atoms with van der Waals surface area (Å²) in [5.41, 5.74) is 6.30. The molecule has 5 aromatic rings. The third-order valence-corrected chi connectivity index (χ3v) is 12.7. The van der Waals surface area contributed by atoms with Crippen LogP contribution in [-0.2, 0) is 42.9 Å². The number of fused-ring (bicyclic) bond motifs is 2. The fourth-order valence-corrected chi connectivity index (χ4v) is 10.2. The van der Waals surface area contributed by atoms with E-state index in [2.05, 4.69) is 56.4 Å². The van der Waals surface area contributed by atoms with E-state index in [1.165, 1.54) is 0 Å². The van der Waals surface area contributed by atoms with Gasteiger partial charge in [0, 0.05) is 6.54 Å². The van der Waals surface area contributed by atoms with Crippen LogP contribution in [0.25, 0.3) is 11.2 Å². The molecule has 1 amide bonds. The highest BCUT2D eigenvalue weighted by Gasteiger charge is 2.58. The lowest BCUT2D eigenvalue weighted by Gasteiger charge is -2.46. The molecule has 3 N–H and O–H groups in total. The molecule has 328 valence electrons. The number of nitrogens with zero attached hydrogens (tertiary/aromatic N) is 5. The molecule has 18 heteroatoms. The van der Waals surface area contributed by atoms with Gasteiger partial charge in [-0.05, 0) is 71.1 Å². The zero-order chi connectivity index (χ0) is 44.0. The Morgan fingerprint density at radius 1 is 0.903 bits per heavy atom. The van der Waals surface area contributed by atoms with Crippen LogP contribution in [0.4, 0.5) is 10.6 Å². The number of ether oxygens (including phenoxy) is 4. The monoisotopic (exact) mass is 869 g/mol. The molecule has 17 nitrogen and oxygen atoms in total. The second kappa shape index (κ2) is 16.8. The van der Waals surface area contributed by atoms with Crippen molar-refractivity contribution >= 4 is 36.7 Å². The highest BCUT2D eigenvalue weighted by Crippen LogP contribution is 2.50. The fraction of sp³-hybridized carbons (Fsp3) is 0.432. The van der Waals surface area contributed by atoms with Crippen molar-refractivity contribution < 1.29 is 42.1 Å². The van der Waals surface area contributed by atoms with Gasteiger partial charge in [0.2, 0.25) is 5.91 Å². The molecule has 2 aromatic heterocycles. The lowest BCUT2D eigenvalue weighted by Crippen LogP contribution is -2.54. The van der Waals surface area contributed by atoms with Crippen molar-refractivity contribution in [2.45, 2.75) is 102 Å². The summed E-state index contributed by atoms with van der Waals surface area (Å²) in [5, 5.41) is 2.67. The van der Waals surface area contributed by atoms with Crippen molar-refractivity contribution in [1.29, 1.82) is 0 Å². The van der Waals surface area contributed by atoms with Gasteiger partial charge < -0.3 is 24.7 Å². The van der Waals surface area contributed by atoms with Crippen LogP contribution in [0.5, 0.6) is 0 Å². The molecule has 62 heavy (non-hydrogen) atoms. The van der Waals surface area contributed by atoms with Gasteiger partial charge in [0.25, 0.3) is 0 Å². The molecule has 0 radical (unpaired) electrons. The zero-order valence-electron chi connectivity index (χ0n) is 35.5. The Morgan fingerprint density at radius 2 is 1.48 bits per heavy atom. The molecular weight excluding hydrogens is 817 g/mol. The van der Waals surface area contributed by atoms with E-state index < -0.39 is 79.6 Å². The lowest BCUT2D eigenvalue weighted by molar-refractivity contribution is -0.199. The van der Waals surface area contributed by atoms with Crippen LogP contribution in [0.2, 0.25) is 0 Å². The number of amides is 1. The smallest absolute Gasteiger partial charge is 0.435 e. The second-order valence-corrected chi connectivity index (χ2v) is 18.6. The third kappa shape index (κ3) is 7.98. The summed E-state index contributed by atoms with van der Waals surface area (Å²) in [4.78, 5) is 52.8. The SMILES string of the molecule is CCOP(=O)(NC(=O)[C@@H]1CCCN1C(c1ccccc1)(c1ccccc1)c1ccccc1)OC[C@H]1O[C@@H](n2c(=O)n(C(=O)OC(C)(C)C)c3c(N)ncnc32)[C@@H]2OC(C)(C)O[C@@H]21. The average molecular weight is 870 g/mol. The number of nitrogens with two attached hydrogens (primary N) is 1. The van der Waals surface area contributed by atoms with Crippen LogP contribution < -0.4 is 16.5 Å². The van der Waals surface area contributed by atoms with Gasteiger partial charge in [-0.25, -0.2) is 28.7 Å². The van der Waals surface area contributed by atoms with Crippen LogP contribution >= 0.6 is 7.75 Å². The van der Waals surface area contributed by atoms with Crippen LogP contribution in [0, 0.1) is 0 Å². The molecule has 0 bridgehead atoms. The average Bonchev–Trinajstić information content (AvgIpc) is 3.99. The Kier molecular flexibility index (Phi) is 11.8. The largest absolute Gasteiger partial charge is 0.443 e. The van der Waals surface area contributed by atoms with Crippen LogP contribution in [0.3, 0.4) is 0 Å². The predicted octanol–water partition coefficient (Wildman–Crippen LogP) is 6.11. The fourth-order valence-electron chi connectivity index (χ4n) is 8.90. The first kappa shape index (κ1) is 43.4. The number of hydrogen-bond donors (Lipinski definition) is 2. The number of anilines is 1. The number of hydrogen-bond acceptors (Lipinski definition) is 14. The van der Waals surface area contributed by atoms with Gasteiger partial charge >= 0.3 is 19.5 Å². The first-order valence-electron chi connectivity index (χ1n) is 20.7. The van der Waals surface area contributed by atoms with Gasteiger partial charge in [-0.2, -0.15) is 4.57 Å². The summed E-state index contributed by atoms with van der Waals surface area (Å²) >= 11 is 0. The molecule has 3 fully saturated rings. The minimum absolute atomic E-state index is 0.0158. The highest BCUT2D eigenvalue weighted by molar-refractivity contribution is 7.52. The van der Waals surface area contributed by atoms with Crippen molar-refractivity contribution in [3.63, 3.8) is 0 Å². The quantitative estimate of drug-likeness (QED) is 0.107. The number of nitrogens with one attached hydrogen (secondary N) is 1. The Balaban J connectivity index is 1.09. The minimum atomic E-state index is -4.39. The van der Waals surface area contributed by atoms with E-state index in [1.807, 2.05) is 54.6 Å². The van der Waals surface area contributed by atoms with E-state index in [0.717, 1.165) is 32.2 Å². The standard InChI is InChI=1S/C44H52N7O10P/c1-7-56-62(55,48-38(52)31-24-17-25-49(31)44(28-18-11-8-12-19-28,29-20-13-9-14-21-29)30-22-15-10-16-23-30)57-26-32-34-35(60-43(5,6)59-34)39(58-32)51-37-33(36(45)46-27-47-37)50(40(51)53)41(54)61-42(2,3)4/h8-16,18-23,27,31-32,34-35,39H,7,17,24-26H2,1-6H3,(H2,45,46,47)(H,48,52,55)/t31-,32+,34+,35+,39+,62?/m0/s1. The lowest BCUT2D eigenvalue weighted by atomic mass is 9.75. The van der Waals surface area contributed by atoms with Gasteiger partial charge in [0.15, 0.2) is 23.5 Å². The zero-order valence-corrected chi connectivity index (χ0v) is 36.4. The molecular formula is C44H52N7O10P. The Morgan fingerprint density at radius 3 is 2.05 bits per heavy atom. The number of likely N-dealkylation sites (tertiary alicyclic amines) is 1. The molecule has 0 saturated carbocycles. The van der Waals surface area contributed by atoms with Crippen LogP contribution in [0.1, 0.15) is 77.3 Å². The van der Waals surface area contributed by atoms with Crippen molar-refractivity contribution in [2.24, 2.45) is 0 Å². The molecule has 5 heterocycles. The van der Waals surface area contributed by atoms with E-state index in [4.69, 9.17) is 33.7 Å². The summed E-state index contributed by atoms with van der Waals surface area (Å²) in [6.07, 6.45) is -2.74.